The Balaban J connectivity index is 2.18. The van der Waals surface area contributed by atoms with Crippen LogP contribution in [0.1, 0.15) is 5.56 Å². The molecule has 0 atom stereocenters. The fraction of sp³-hybridized carbons (Fsp3) is 0.167. The van der Waals surface area contributed by atoms with Crippen LogP contribution in [0.4, 0.5) is 11.5 Å². The van der Waals surface area contributed by atoms with Crippen LogP contribution in [0.2, 0.25) is 0 Å². The molecule has 0 bridgehead atoms. The molecular formula is C12H12IN3O2. The Kier molecular flexibility index (Phi) is 4.32. The Bertz CT molecular complexity index is 581. The van der Waals surface area contributed by atoms with Crippen LogP contribution in [-0.2, 0) is 11.3 Å². The number of hydrogen-bond acceptors (Lipinski definition) is 4. The molecule has 1 aromatic heterocycles. The summed E-state index contributed by atoms with van der Waals surface area (Å²) in [6.07, 6.45) is 1.38. The van der Waals surface area contributed by atoms with Crippen molar-refractivity contribution in [3.8, 4) is 0 Å². The summed E-state index contributed by atoms with van der Waals surface area (Å²) in [4.78, 5) is 18.0. The highest BCUT2D eigenvalue weighted by Crippen LogP contribution is 2.17. The summed E-state index contributed by atoms with van der Waals surface area (Å²) in [5.41, 5.74) is 1.83. The van der Waals surface area contributed by atoms with Crippen LogP contribution in [0.25, 0.3) is 0 Å². The third kappa shape index (κ3) is 3.08. The molecule has 0 aliphatic heterocycles. The van der Waals surface area contributed by atoms with Gasteiger partial charge in [-0.15, -0.1) is 0 Å². The third-order valence-corrected chi connectivity index (χ3v) is 3.33. The van der Waals surface area contributed by atoms with Crippen molar-refractivity contribution in [3.05, 3.63) is 50.1 Å². The van der Waals surface area contributed by atoms with Crippen LogP contribution >= 0.6 is 22.6 Å². The van der Waals surface area contributed by atoms with Gasteiger partial charge in [-0.25, -0.2) is 4.98 Å². The number of H-pyrrole nitrogens is 1. The molecule has 1 heterocycles. The molecule has 0 unspecified atom stereocenters. The minimum absolute atomic E-state index is 0.149. The summed E-state index contributed by atoms with van der Waals surface area (Å²) < 4.78 is 5.58. The quantitative estimate of drug-likeness (QED) is 0.824. The molecule has 0 amide bonds. The first kappa shape index (κ1) is 13.0. The lowest BCUT2D eigenvalue weighted by Crippen LogP contribution is -2.12. The summed E-state index contributed by atoms with van der Waals surface area (Å²) in [6, 6.07) is 7.78. The molecule has 0 spiro atoms. The summed E-state index contributed by atoms with van der Waals surface area (Å²) in [6.45, 7) is 0.584. The Morgan fingerprint density at radius 2 is 2.11 bits per heavy atom. The zero-order chi connectivity index (χ0) is 13.0. The molecule has 2 rings (SSSR count). The lowest BCUT2D eigenvalue weighted by molar-refractivity contribution is 0.185. The average molecular weight is 357 g/mol. The topological polar surface area (TPSA) is 67.0 Å². The SMILES string of the molecule is COCc1ccc(Nc2nc[nH]c(=O)c2I)cc1. The molecule has 0 fully saturated rings. The smallest absolute Gasteiger partial charge is 0.266 e. The van der Waals surface area contributed by atoms with Gasteiger partial charge in [-0.3, -0.25) is 4.79 Å². The second kappa shape index (κ2) is 5.96. The Hall–Kier alpha value is -1.41. The fourth-order valence-corrected chi connectivity index (χ4v) is 1.89. The normalized spacial score (nSPS) is 10.3. The number of anilines is 2. The summed E-state index contributed by atoms with van der Waals surface area (Å²) in [5.74, 6) is 0.554. The highest BCUT2D eigenvalue weighted by atomic mass is 127. The van der Waals surface area contributed by atoms with Crippen molar-refractivity contribution >= 4 is 34.1 Å². The van der Waals surface area contributed by atoms with E-state index in [1.807, 2.05) is 46.9 Å². The monoisotopic (exact) mass is 357 g/mol. The van der Waals surface area contributed by atoms with E-state index < -0.39 is 0 Å². The Morgan fingerprint density at radius 1 is 1.39 bits per heavy atom. The van der Waals surface area contributed by atoms with Crippen molar-refractivity contribution in [2.24, 2.45) is 0 Å². The minimum atomic E-state index is -0.149. The standard InChI is InChI=1S/C12H12IN3O2/c1-18-6-8-2-4-9(5-3-8)16-11-10(13)12(17)15-7-14-11/h2-5,7H,6H2,1H3,(H2,14,15,16,17). The van der Waals surface area contributed by atoms with E-state index in [1.165, 1.54) is 6.33 Å². The lowest BCUT2D eigenvalue weighted by atomic mass is 10.2. The number of rotatable bonds is 4. The van der Waals surface area contributed by atoms with Gasteiger partial charge < -0.3 is 15.0 Å². The number of methoxy groups -OCH3 is 1. The summed E-state index contributed by atoms with van der Waals surface area (Å²) >= 11 is 1.96. The molecular weight excluding hydrogens is 345 g/mol. The number of nitrogens with one attached hydrogen (secondary N) is 2. The molecule has 0 radical (unpaired) electrons. The maximum atomic E-state index is 11.4. The molecule has 0 saturated carbocycles. The van der Waals surface area contributed by atoms with Crippen LogP contribution < -0.4 is 10.9 Å². The van der Waals surface area contributed by atoms with E-state index in [0.717, 1.165) is 11.3 Å². The summed E-state index contributed by atoms with van der Waals surface area (Å²) in [7, 11) is 1.66. The van der Waals surface area contributed by atoms with E-state index in [0.29, 0.717) is 16.0 Å². The molecule has 5 nitrogen and oxygen atoms in total. The van der Waals surface area contributed by atoms with Crippen molar-refractivity contribution < 1.29 is 4.74 Å². The van der Waals surface area contributed by atoms with E-state index in [1.54, 1.807) is 7.11 Å². The van der Waals surface area contributed by atoms with E-state index in [2.05, 4.69) is 15.3 Å². The predicted molar refractivity (Wildman–Crippen MR) is 78.0 cm³/mol. The molecule has 2 aromatic rings. The van der Waals surface area contributed by atoms with Gasteiger partial charge in [-0.1, -0.05) is 12.1 Å². The van der Waals surface area contributed by atoms with Crippen molar-refractivity contribution in [2.45, 2.75) is 6.61 Å². The van der Waals surface area contributed by atoms with E-state index in [9.17, 15) is 4.79 Å². The molecule has 0 saturated heterocycles. The van der Waals surface area contributed by atoms with E-state index >= 15 is 0 Å². The van der Waals surface area contributed by atoms with Gasteiger partial charge in [0.25, 0.3) is 5.56 Å². The van der Waals surface area contributed by atoms with Crippen LogP contribution in [0, 0.1) is 3.57 Å². The minimum Gasteiger partial charge on any atom is -0.380 e. The number of halogens is 1. The molecule has 0 aliphatic rings. The predicted octanol–water partition coefficient (Wildman–Crippen LogP) is 2.26. The van der Waals surface area contributed by atoms with Crippen LogP contribution in [-0.4, -0.2) is 17.1 Å². The molecule has 18 heavy (non-hydrogen) atoms. The van der Waals surface area contributed by atoms with Gasteiger partial charge in [0.05, 0.1) is 12.9 Å². The highest BCUT2D eigenvalue weighted by Gasteiger charge is 2.05. The van der Waals surface area contributed by atoms with Gasteiger partial charge >= 0.3 is 0 Å². The second-order valence-electron chi connectivity index (χ2n) is 3.65. The number of hydrogen-bond donors (Lipinski definition) is 2. The van der Waals surface area contributed by atoms with Crippen LogP contribution in [0.5, 0.6) is 0 Å². The number of nitrogens with zero attached hydrogens (tertiary/aromatic N) is 1. The molecule has 94 valence electrons. The Morgan fingerprint density at radius 3 is 2.78 bits per heavy atom. The lowest BCUT2D eigenvalue weighted by Gasteiger charge is -2.07. The van der Waals surface area contributed by atoms with Crippen LogP contribution in [0.15, 0.2) is 35.4 Å². The van der Waals surface area contributed by atoms with Gasteiger partial charge in [-0.05, 0) is 40.3 Å². The van der Waals surface area contributed by atoms with Crippen molar-refractivity contribution in [1.82, 2.24) is 9.97 Å². The maximum Gasteiger partial charge on any atom is 0.266 e. The first-order valence-electron chi connectivity index (χ1n) is 5.29. The molecule has 6 heteroatoms. The molecule has 2 N–H and O–H groups in total. The number of aromatic amines is 1. The largest absolute Gasteiger partial charge is 0.380 e. The van der Waals surface area contributed by atoms with Crippen molar-refractivity contribution in [2.75, 3.05) is 12.4 Å². The summed E-state index contributed by atoms with van der Waals surface area (Å²) in [5, 5.41) is 3.10. The highest BCUT2D eigenvalue weighted by molar-refractivity contribution is 14.1. The van der Waals surface area contributed by atoms with Gasteiger partial charge in [0.2, 0.25) is 0 Å². The second-order valence-corrected chi connectivity index (χ2v) is 4.73. The van der Waals surface area contributed by atoms with E-state index in [4.69, 9.17) is 4.74 Å². The first-order chi connectivity index (χ1) is 8.70. The van der Waals surface area contributed by atoms with Crippen molar-refractivity contribution in [1.29, 1.82) is 0 Å². The maximum absolute atomic E-state index is 11.4. The number of aromatic nitrogens is 2. The molecule has 0 aliphatic carbocycles. The number of benzene rings is 1. The van der Waals surface area contributed by atoms with Crippen molar-refractivity contribution in [3.63, 3.8) is 0 Å². The Labute approximate surface area is 118 Å². The first-order valence-corrected chi connectivity index (χ1v) is 6.36. The fourth-order valence-electron chi connectivity index (χ4n) is 1.46. The molecule has 1 aromatic carbocycles. The van der Waals surface area contributed by atoms with Gasteiger partial charge in [0.15, 0.2) is 5.82 Å². The third-order valence-electron chi connectivity index (χ3n) is 2.32. The average Bonchev–Trinajstić information content (AvgIpc) is 2.38. The van der Waals surface area contributed by atoms with Gasteiger partial charge in [0.1, 0.15) is 3.57 Å². The van der Waals surface area contributed by atoms with E-state index in [-0.39, 0.29) is 5.56 Å². The zero-order valence-electron chi connectivity index (χ0n) is 9.74. The zero-order valence-corrected chi connectivity index (χ0v) is 11.9. The van der Waals surface area contributed by atoms with Gasteiger partial charge in [0, 0.05) is 12.8 Å². The van der Waals surface area contributed by atoms with Gasteiger partial charge in [-0.2, -0.15) is 0 Å². The van der Waals surface area contributed by atoms with Crippen LogP contribution in [0.3, 0.4) is 0 Å². The number of ether oxygens (including phenoxy) is 1.